The van der Waals surface area contributed by atoms with Gasteiger partial charge in [0.15, 0.2) is 17.5 Å². The minimum absolute atomic E-state index is 0.100. The minimum atomic E-state index is -0.100. The molecule has 0 fully saturated rings. The molecule has 352 valence electrons. The highest BCUT2D eigenvalue weighted by Crippen LogP contribution is 2.51. The summed E-state index contributed by atoms with van der Waals surface area (Å²) in [7, 11) is 0. The van der Waals surface area contributed by atoms with Gasteiger partial charge in [0.25, 0.3) is 0 Å². The molecule has 13 aromatic rings. The Morgan fingerprint density at radius 1 is 0.213 bits per heavy atom. The normalized spacial score (nSPS) is 12.5. The highest BCUT2D eigenvalue weighted by atomic mass is 15.0. The molecule has 0 amide bonds. The molecule has 0 saturated heterocycles. The molecule has 1 aliphatic carbocycles. The number of nitrogens with zero attached hydrogens (tertiary/aromatic N) is 3. The first kappa shape index (κ1) is 44.2. The summed E-state index contributed by atoms with van der Waals surface area (Å²) in [5.41, 5.74) is 19.1. The van der Waals surface area contributed by atoms with E-state index in [1.54, 1.807) is 0 Å². The van der Waals surface area contributed by atoms with Crippen LogP contribution in [-0.2, 0) is 5.41 Å². The van der Waals surface area contributed by atoms with Crippen molar-refractivity contribution in [2.24, 2.45) is 0 Å². The number of fused-ring (bicyclic) bond motifs is 9. The van der Waals surface area contributed by atoms with Crippen molar-refractivity contribution < 1.29 is 0 Å². The summed E-state index contributed by atoms with van der Waals surface area (Å²) in [5, 5.41) is 7.57. The van der Waals surface area contributed by atoms with Crippen LogP contribution in [0.2, 0.25) is 0 Å². The van der Waals surface area contributed by atoms with Gasteiger partial charge in [-0.2, -0.15) is 0 Å². The van der Waals surface area contributed by atoms with Gasteiger partial charge in [-0.05, 0) is 171 Å². The lowest BCUT2D eigenvalue weighted by Crippen LogP contribution is -2.14. The van der Waals surface area contributed by atoms with Gasteiger partial charge in [0, 0.05) is 22.1 Å². The Labute approximate surface area is 437 Å². The van der Waals surface area contributed by atoms with Gasteiger partial charge in [-0.15, -0.1) is 0 Å². The summed E-state index contributed by atoms with van der Waals surface area (Å²) in [6, 6.07) is 94.1. The summed E-state index contributed by atoms with van der Waals surface area (Å²) < 4.78 is 0. The van der Waals surface area contributed by atoms with E-state index in [1.165, 1.54) is 54.6 Å². The Balaban J connectivity index is 0.956. The second-order valence-corrected chi connectivity index (χ2v) is 20.4. The molecule has 0 radical (unpaired) electrons. The SMILES string of the molecule is CC1(C)c2ccccc2-c2cc3c4ccccc4c4cc(-c5cccc(-c6nc(-c7cc(-c8ccccc8)cc(-c8ccccc8)c7)nc(-c7cc(-c8ccccc8)cc(-c8ccccc8)c7)n6)c5)ccc4c3cc21. The Bertz CT molecular complexity index is 4090. The molecule has 0 unspecified atom stereocenters. The third-order valence-corrected chi connectivity index (χ3v) is 15.4. The maximum absolute atomic E-state index is 5.43. The van der Waals surface area contributed by atoms with Crippen LogP contribution in [0.5, 0.6) is 0 Å². The van der Waals surface area contributed by atoms with Crippen molar-refractivity contribution in [3.63, 3.8) is 0 Å². The van der Waals surface area contributed by atoms with Crippen LogP contribution < -0.4 is 0 Å². The number of hydrogen-bond acceptors (Lipinski definition) is 3. The number of rotatable bonds is 8. The van der Waals surface area contributed by atoms with E-state index in [0.29, 0.717) is 17.5 Å². The van der Waals surface area contributed by atoms with Gasteiger partial charge in [0.05, 0.1) is 0 Å². The van der Waals surface area contributed by atoms with Gasteiger partial charge in [0.2, 0.25) is 0 Å². The largest absolute Gasteiger partial charge is 0.208 e. The molecule has 1 aliphatic rings. The molecule has 14 rings (SSSR count). The lowest BCUT2D eigenvalue weighted by atomic mass is 9.81. The van der Waals surface area contributed by atoms with Gasteiger partial charge in [-0.1, -0.05) is 214 Å². The fourth-order valence-electron chi connectivity index (χ4n) is 11.6. The molecule has 3 nitrogen and oxygen atoms in total. The Morgan fingerprint density at radius 3 is 1.09 bits per heavy atom. The molecule has 12 aromatic carbocycles. The Hall–Kier alpha value is -9.57. The van der Waals surface area contributed by atoms with Crippen LogP contribution in [-0.4, -0.2) is 15.0 Å². The van der Waals surface area contributed by atoms with Crippen molar-refractivity contribution in [2.75, 3.05) is 0 Å². The fourth-order valence-corrected chi connectivity index (χ4v) is 11.6. The first-order valence-corrected chi connectivity index (χ1v) is 25.8. The molecule has 0 atom stereocenters. The van der Waals surface area contributed by atoms with Crippen molar-refractivity contribution >= 4 is 32.3 Å². The molecule has 0 N–H and O–H groups in total. The summed E-state index contributed by atoms with van der Waals surface area (Å²) >= 11 is 0. The van der Waals surface area contributed by atoms with E-state index < -0.39 is 0 Å². The van der Waals surface area contributed by atoms with Gasteiger partial charge < -0.3 is 0 Å². The first-order chi connectivity index (χ1) is 36.9. The summed E-state index contributed by atoms with van der Waals surface area (Å²) in [4.78, 5) is 16.3. The predicted octanol–water partition coefficient (Wildman–Crippen LogP) is 19.0. The van der Waals surface area contributed by atoms with Crippen molar-refractivity contribution in [3.8, 4) is 101 Å². The maximum atomic E-state index is 5.43. The van der Waals surface area contributed by atoms with E-state index >= 15 is 0 Å². The first-order valence-electron chi connectivity index (χ1n) is 25.8. The fraction of sp³-hybridized carbons (Fsp3) is 0.0417. The minimum Gasteiger partial charge on any atom is -0.208 e. The van der Waals surface area contributed by atoms with Gasteiger partial charge in [-0.25, -0.2) is 15.0 Å². The van der Waals surface area contributed by atoms with E-state index in [1.807, 2.05) is 0 Å². The van der Waals surface area contributed by atoms with E-state index in [4.69, 9.17) is 15.0 Å². The number of aromatic nitrogens is 3. The van der Waals surface area contributed by atoms with Crippen molar-refractivity contribution in [1.82, 2.24) is 15.0 Å². The molecular formula is C72H49N3. The molecule has 75 heavy (non-hydrogen) atoms. The number of hydrogen-bond donors (Lipinski definition) is 0. The average molecular weight is 956 g/mol. The quantitative estimate of drug-likeness (QED) is 0.142. The lowest BCUT2D eigenvalue weighted by Gasteiger charge is -2.22. The topological polar surface area (TPSA) is 38.7 Å². The summed E-state index contributed by atoms with van der Waals surface area (Å²) in [5.74, 6) is 1.80. The average Bonchev–Trinajstić information content (AvgIpc) is 3.73. The second kappa shape index (κ2) is 17.9. The monoisotopic (exact) mass is 955 g/mol. The lowest BCUT2D eigenvalue weighted by molar-refractivity contribution is 0.661. The predicted molar refractivity (Wildman–Crippen MR) is 313 cm³/mol. The Kier molecular flexibility index (Phi) is 10.5. The molecule has 0 aliphatic heterocycles. The highest BCUT2D eigenvalue weighted by molar-refractivity contribution is 6.26. The number of benzene rings is 12. The zero-order valence-corrected chi connectivity index (χ0v) is 41.7. The van der Waals surface area contributed by atoms with Crippen molar-refractivity contribution in [2.45, 2.75) is 19.3 Å². The van der Waals surface area contributed by atoms with E-state index in [9.17, 15) is 0 Å². The van der Waals surface area contributed by atoms with Crippen LogP contribution in [0.4, 0.5) is 0 Å². The zero-order chi connectivity index (χ0) is 50.0. The van der Waals surface area contributed by atoms with Crippen LogP contribution in [0.3, 0.4) is 0 Å². The van der Waals surface area contributed by atoms with E-state index in [0.717, 1.165) is 72.3 Å². The van der Waals surface area contributed by atoms with Crippen LogP contribution >= 0.6 is 0 Å². The molecule has 1 heterocycles. The van der Waals surface area contributed by atoms with E-state index in [-0.39, 0.29) is 5.41 Å². The van der Waals surface area contributed by atoms with Crippen molar-refractivity contribution in [1.29, 1.82) is 0 Å². The van der Waals surface area contributed by atoms with Gasteiger partial charge in [-0.3, -0.25) is 0 Å². The van der Waals surface area contributed by atoms with Crippen LogP contribution in [0.15, 0.2) is 261 Å². The van der Waals surface area contributed by atoms with Gasteiger partial charge >= 0.3 is 0 Å². The van der Waals surface area contributed by atoms with Crippen LogP contribution in [0.25, 0.3) is 133 Å². The smallest absolute Gasteiger partial charge is 0.164 e. The maximum Gasteiger partial charge on any atom is 0.164 e. The van der Waals surface area contributed by atoms with Crippen molar-refractivity contribution in [3.05, 3.63) is 272 Å². The third-order valence-electron chi connectivity index (χ3n) is 15.4. The third kappa shape index (κ3) is 7.80. The zero-order valence-electron chi connectivity index (χ0n) is 41.7. The van der Waals surface area contributed by atoms with Gasteiger partial charge in [0.1, 0.15) is 0 Å². The molecule has 1 aromatic heterocycles. The highest BCUT2D eigenvalue weighted by Gasteiger charge is 2.35. The summed E-state index contributed by atoms with van der Waals surface area (Å²) in [6.07, 6.45) is 0. The second-order valence-electron chi connectivity index (χ2n) is 20.4. The molecule has 0 bridgehead atoms. The van der Waals surface area contributed by atoms with E-state index in [2.05, 4.69) is 275 Å². The summed E-state index contributed by atoms with van der Waals surface area (Å²) in [6.45, 7) is 4.73. The molecule has 0 saturated carbocycles. The molecule has 0 spiro atoms. The molecule has 3 heteroatoms. The van der Waals surface area contributed by atoms with Crippen LogP contribution in [0.1, 0.15) is 25.0 Å². The standard InChI is InChI=1S/C72H49N3/c1-72(2)67-33-18-17-32-62(67)66-44-64-60-31-16-15-30-59(60)63-43-51(34-35-61(63)65(64)45-68(66)72)50-28-19-29-52(36-50)69-73-70(57-39-53(46-20-7-3-8-21-46)37-54(40-57)47-22-9-4-10-23-47)75-71(74-69)58-41-55(48-24-11-5-12-25-48)38-56(42-58)49-26-13-6-14-27-49/h3-45H,1-2H3. The van der Waals surface area contributed by atoms with Crippen LogP contribution in [0, 0.1) is 0 Å². The molecular weight excluding hydrogens is 907 g/mol. The Morgan fingerprint density at radius 2 is 0.573 bits per heavy atom.